The predicted molar refractivity (Wildman–Crippen MR) is 155 cm³/mol. The van der Waals surface area contributed by atoms with Gasteiger partial charge in [0.25, 0.3) is 11.8 Å². The van der Waals surface area contributed by atoms with Crippen molar-refractivity contribution in [2.45, 2.75) is 76.7 Å². The van der Waals surface area contributed by atoms with E-state index in [1.165, 1.54) is 16.2 Å². The lowest BCUT2D eigenvalue weighted by atomic mass is 9.84. The molecular formula is C28H35ClN6O4S. The van der Waals surface area contributed by atoms with Crippen LogP contribution in [0.25, 0.3) is 10.9 Å². The molecule has 214 valence electrons. The molecule has 5 rings (SSSR count). The van der Waals surface area contributed by atoms with Gasteiger partial charge in [-0.05, 0) is 71.3 Å². The molecule has 1 aliphatic carbocycles. The number of likely N-dealkylation sites (N-methyl/N-ethyl adjacent to an activating group) is 1. The third-order valence-corrected chi connectivity index (χ3v) is 9.01. The Hall–Kier alpha value is -3.15. The van der Waals surface area contributed by atoms with Crippen LogP contribution in [-0.4, -0.2) is 80.0 Å². The molecule has 1 unspecified atom stereocenters. The number of benzene rings is 1. The zero-order valence-electron chi connectivity index (χ0n) is 23.1. The third kappa shape index (κ3) is 5.96. The number of nitrogens with one attached hydrogen (secondary N) is 3. The maximum atomic E-state index is 13.4. The predicted octanol–water partition coefficient (Wildman–Crippen LogP) is 4.49. The van der Waals surface area contributed by atoms with Gasteiger partial charge in [0.2, 0.25) is 0 Å². The van der Waals surface area contributed by atoms with E-state index in [9.17, 15) is 19.5 Å². The van der Waals surface area contributed by atoms with E-state index in [0.29, 0.717) is 35.0 Å². The second-order valence-corrected chi connectivity index (χ2v) is 13.3. The molecule has 2 aliphatic rings. The second-order valence-electron chi connectivity index (χ2n) is 11.7. The molecule has 1 saturated carbocycles. The van der Waals surface area contributed by atoms with Gasteiger partial charge in [0, 0.05) is 57.9 Å². The van der Waals surface area contributed by atoms with Crippen LogP contribution in [0.15, 0.2) is 24.3 Å². The Morgan fingerprint density at radius 3 is 2.62 bits per heavy atom. The molecule has 3 amide bonds. The summed E-state index contributed by atoms with van der Waals surface area (Å²) in [5.74, 6) is -0.599. The fourth-order valence-corrected chi connectivity index (χ4v) is 7.10. The van der Waals surface area contributed by atoms with Crippen LogP contribution in [-0.2, 0) is 13.0 Å². The molecule has 1 aromatic carbocycles. The molecule has 10 nitrogen and oxygen atoms in total. The molecule has 3 heterocycles. The van der Waals surface area contributed by atoms with Crippen LogP contribution in [0.5, 0.6) is 0 Å². The van der Waals surface area contributed by atoms with Crippen molar-refractivity contribution >= 4 is 51.7 Å². The Balaban J connectivity index is 1.37. The molecule has 1 fully saturated rings. The van der Waals surface area contributed by atoms with E-state index in [4.69, 9.17) is 11.6 Å². The largest absolute Gasteiger partial charge is 0.465 e. The highest BCUT2D eigenvalue weighted by atomic mass is 35.5. The van der Waals surface area contributed by atoms with E-state index in [0.717, 1.165) is 41.0 Å². The maximum absolute atomic E-state index is 13.4. The first-order valence-corrected chi connectivity index (χ1v) is 14.7. The van der Waals surface area contributed by atoms with E-state index in [1.54, 1.807) is 18.2 Å². The first-order valence-electron chi connectivity index (χ1n) is 13.5. The smallest absolute Gasteiger partial charge is 0.407 e. The highest BCUT2D eigenvalue weighted by Gasteiger charge is 2.41. The van der Waals surface area contributed by atoms with Crippen molar-refractivity contribution < 1.29 is 19.5 Å². The number of hydrogen-bond donors (Lipinski definition) is 4. The van der Waals surface area contributed by atoms with Crippen molar-refractivity contribution in [2.75, 3.05) is 13.6 Å². The van der Waals surface area contributed by atoms with Gasteiger partial charge in [0.05, 0.1) is 11.7 Å². The number of aromatic amines is 1. The van der Waals surface area contributed by atoms with Gasteiger partial charge in [0.1, 0.15) is 5.69 Å². The third-order valence-electron chi connectivity index (χ3n) is 7.69. The van der Waals surface area contributed by atoms with Gasteiger partial charge in [-0.2, -0.15) is 0 Å². The topological polar surface area (TPSA) is 131 Å². The highest BCUT2D eigenvalue weighted by Crippen LogP contribution is 2.31. The summed E-state index contributed by atoms with van der Waals surface area (Å²) in [5, 5.41) is 18.0. The molecule has 12 heteroatoms. The summed E-state index contributed by atoms with van der Waals surface area (Å²) in [6.07, 6.45) is 1.25. The molecule has 40 heavy (non-hydrogen) atoms. The summed E-state index contributed by atoms with van der Waals surface area (Å²) in [4.78, 5) is 51.5. The molecule has 0 bridgehead atoms. The fourth-order valence-electron chi connectivity index (χ4n) is 5.83. The lowest BCUT2D eigenvalue weighted by molar-refractivity contribution is 0.0440. The monoisotopic (exact) mass is 586 g/mol. The van der Waals surface area contributed by atoms with Gasteiger partial charge in [0.15, 0.2) is 5.01 Å². The van der Waals surface area contributed by atoms with Crippen LogP contribution < -0.4 is 10.6 Å². The zero-order valence-corrected chi connectivity index (χ0v) is 24.7. The van der Waals surface area contributed by atoms with Crippen LogP contribution in [0.3, 0.4) is 0 Å². The molecule has 1 aliphatic heterocycles. The summed E-state index contributed by atoms with van der Waals surface area (Å²) in [6.45, 7) is 7.26. The number of hydrogen-bond acceptors (Lipinski definition) is 6. The van der Waals surface area contributed by atoms with Crippen LogP contribution in [0.4, 0.5) is 4.79 Å². The van der Waals surface area contributed by atoms with Gasteiger partial charge in [-0.1, -0.05) is 11.6 Å². The lowest BCUT2D eigenvalue weighted by Crippen LogP contribution is -2.60. The maximum Gasteiger partial charge on any atom is 0.407 e. The Labute approximate surface area is 242 Å². The second kappa shape index (κ2) is 11.0. The number of halogens is 1. The summed E-state index contributed by atoms with van der Waals surface area (Å²) < 4.78 is 0. The van der Waals surface area contributed by atoms with Gasteiger partial charge < -0.3 is 30.5 Å². The highest BCUT2D eigenvalue weighted by molar-refractivity contribution is 7.13. The average Bonchev–Trinajstić information content (AvgIpc) is 3.48. The number of fused-ring (bicyclic) bond motifs is 2. The first kappa shape index (κ1) is 28.4. The van der Waals surface area contributed by atoms with Crippen LogP contribution >= 0.6 is 22.9 Å². The summed E-state index contributed by atoms with van der Waals surface area (Å²) in [6, 6.07) is 5.89. The van der Waals surface area contributed by atoms with Crippen molar-refractivity contribution in [1.29, 1.82) is 0 Å². The number of nitrogens with zero attached hydrogens (tertiary/aromatic N) is 3. The molecular weight excluding hydrogens is 552 g/mol. The molecule has 3 atom stereocenters. The Morgan fingerprint density at radius 1 is 1.15 bits per heavy atom. The van der Waals surface area contributed by atoms with Gasteiger partial charge >= 0.3 is 6.09 Å². The summed E-state index contributed by atoms with van der Waals surface area (Å²) in [5.41, 5.74) is 1.50. The standard InChI is InChI=1S/C28H35ClN6O4S/c1-28(2,3)35(27(38)39)17-6-8-19(31-25(37)26-33-20-9-10-34(4)14-23(20)40-26)21(13-17)32-24(36)22-12-15-11-16(29)5-7-18(15)30-22/h5,7,11-12,17,19,21,30H,6,8-10,13-14H2,1-4H3,(H,31,37)(H,32,36)(H,38,39)/t17?,19-,21+/m0/s1. The van der Waals surface area contributed by atoms with E-state index in [-0.39, 0.29) is 23.9 Å². The first-order chi connectivity index (χ1) is 18.9. The number of carboxylic acid groups (broad SMARTS) is 1. The van der Waals surface area contributed by atoms with Crippen molar-refractivity contribution in [2.24, 2.45) is 0 Å². The van der Waals surface area contributed by atoms with E-state index >= 15 is 0 Å². The quantitative estimate of drug-likeness (QED) is 0.348. The van der Waals surface area contributed by atoms with Gasteiger partial charge in [-0.25, -0.2) is 9.78 Å². The number of H-pyrrole nitrogens is 1. The normalized spacial score (nSPS) is 21.6. The minimum atomic E-state index is -1.00. The summed E-state index contributed by atoms with van der Waals surface area (Å²) in [7, 11) is 2.05. The molecule has 3 aromatic rings. The SMILES string of the molecule is CN1CCc2nc(C(=O)N[C@H]3CCC(N(C(=O)O)C(C)(C)C)C[C@H]3NC(=O)c3cc4cc(Cl)ccc4[nH]3)sc2C1. The van der Waals surface area contributed by atoms with Crippen LogP contribution in [0.1, 0.15) is 70.9 Å². The number of thiazole rings is 1. The van der Waals surface area contributed by atoms with Gasteiger partial charge in [-0.3, -0.25) is 9.59 Å². The van der Waals surface area contributed by atoms with Crippen molar-refractivity contribution in [1.82, 2.24) is 30.4 Å². The number of rotatable bonds is 5. The van der Waals surface area contributed by atoms with Gasteiger partial charge in [-0.15, -0.1) is 11.3 Å². The van der Waals surface area contributed by atoms with E-state index in [1.807, 2.05) is 33.9 Å². The Bertz CT molecular complexity index is 1450. The van der Waals surface area contributed by atoms with Crippen molar-refractivity contribution in [3.63, 3.8) is 0 Å². The molecule has 0 radical (unpaired) electrons. The molecule has 0 spiro atoms. The minimum Gasteiger partial charge on any atom is -0.465 e. The Kier molecular flexibility index (Phi) is 7.82. The fraction of sp³-hybridized carbons (Fsp3) is 0.500. The summed E-state index contributed by atoms with van der Waals surface area (Å²) >= 11 is 7.53. The average molecular weight is 587 g/mol. The minimum absolute atomic E-state index is 0.268. The lowest BCUT2D eigenvalue weighted by Gasteiger charge is -2.45. The number of aromatic nitrogens is 2. The van der Waals surface area contributed by atoms with Crippen molar-refractivity contribution in [3.05, 3.63) is 50.6 Å². The molecule has 0 saturated heterocycles. The van der Waals surface area contributed by atoms with Crippen molar-refractivity contribution in [3.8, 4) is 0 Å². The Morgan fingerprint density at radius 2 is 1.90 bits per heavy atom. The van der Waals surface area contributed by atoms with Crippen LogP contribution in [0.2, 0.25) is 5.02 Å². The van der Waals surface area contributed by atoms with E-state index < -0.39 is 17.7 Å². The van der Waals surface area contributed by atoms with Crippen LogP contribution in [0, 0.1) is 0 Å². The van der Waals surface area contributed by atoms with E-state index in [2.05, 4.69) is 25.5 Å². The number of carbonyl (C=O) groups is 3. The number of carbonyl (C=O) groups excluding carboxylic acids is 2. The number of amides is 3. The molecule has 4 N–H and O–H groups in total. The molecule has 2 aromatic heterocycles. The zero-order chi connectivity index (χ0) is 28.8.